The summed E-state index contributed by atoms with van der Waals surface area (Å²) in [7, 11) is 0. The van der Waals surface area contributed by atoms with Gasteiger partial charge in [0.2, 0.25) is 0 Å². The molecule has 0 amide bonds. The zero-order valence-electron chi connectivity index (χ0n) is 8.29. The zero-order valence-corrected chi connectivity index (χ0v) is 8.29. The molecule has 0 fully saturated rings. The predicted octanol–water partition coefficient (Wildman–Crippen LogP) is 2.51. The largest absolute Gasteiger partial charge is 0.478 e. The van der Waals surface area contributed by atoms with Crippen LogP contribution >= 0.6 is 0 Å². The van der Waals surface area contributed by atoms with E-state index in [1.807, 2.05) is 6.92 Å². The molecule has 0 saturated heterocycles. The van der Waals surface area contributed by atoms with Gasteiger partial charge in [-0.05, 0) is 24.6 Å². The number of rotatable bonds is 4. The van der Waals surface area contributed by atoms with Crippen molar-refractivity contribution in [3.8, 4) is 0 Å². The number of carboxylic acids is 1. The first-order valence-corrected chi connectivity index (χ1v) is 4.61. The first kappa shape index (κ1) is 11.4. The average molecular weight is 210 g/mol. The van der Waals surface area contributed by atoms with Gasteiger partial charge in [0, 0.05) is 12.0 Å². The van der Waals surface area contributed by atoms with Crippen LogP contribution in [0, 0.1) is 5.82 Å². The third-order valence-corrected chi connectivity index (χ3v) is 1.94. The topological polar surface area (TPSA) is 54.4 Å². The van der Waals surface area contributed by atoms with Gasteiger partial charge < -0.3 is 5.11 Å². The van der Waals surface area contributed by atoms with Crippen molar-refractivity contribution in [3.63, 3.8) is 0 Å². The number of benzene rings is 1. The minimum atomic E-state index is -1.24. The Balaban J connectivity index is 3.09. The van der Waals surface area contributed by atoms with Gasteiger partial charge in [0.15, 0.2) is 5.78 Å². The third-order valence-electron chi connectivity index (χ3n) is 1.94. The highest BCUT2D eigenvalue weighted by molar-refractivity contribution is 5.98. The number of hydrogen-bond donors (Lipinski definition) is 1. The standard InChI is InChI=1S/C11H11FO3/c1-2-3-10(13)7-4-8(11(14)15)6-9(12)5-7/h4-6H,2-3H2,1H3,(H,14,15). The van der Waals surface area contributed by atoms with Gasteiger partial charge in [-0.15, -0.1) is 0 Å². The second-order valence-electron chi connectivity index (χ2n) is 3.21. The van der Waals surface area contributed by atoms with Gasteiger partial charge in [0.1, 0.15) is 5.82 Å². The normalized spacial score (nSPS) is 10.0. The lowest BCUT2D eigenvalue weighted by Gasteiger charge is -2.01. The lowest BCUT2D eigenvalue weighted by Crippen LogP contribution is -2.04. The smallest absolute Gasteiger partial charge is 0.335 e. The second-order valence-corrected chi connectivity index (χ2v) is 3.21. The third kappa shape index (κ3) is 2.87. The molecular weight excluding hydrogens is 199 g/mol. The summed E-state index contributed by atoms with van der Waals surface area (Å²) in [4.78, 5) is 22.0. The molecule has 1 aromatic rings. The minimum absolute atomic E-state index is 0.120. The van der Waals surface area contributed by atoms with E-state index >= 15 is 0 Å². The van der Waals surface area contributed by atoms with E-state index in [2.05, 4.69) is 0 Å². The molecule has 0 spiro atoms. The molecule has 0 bridgehead atoms. The maximum absolute atomic E-state index is 13.0. The van der Waals surface area contributed by atoms with Crippen LogP contribution in [0.25, 0.3) is 0 Å². The van der Waals surface area contributed by atoms with E-state index in [1.54, 1.807) is 0 Å². The summed E-state index contributed by atoms with van der Waals surface area (Å²) in [6, 6.07) is 3.15. The highest BCUT2D eigenvalue weighted by Gasteiger charge is 2.11. The van der Waals surface area contributed by atoms with Crippen LogP contribution in [-0.2, 0) is 0 Å². The SMILES string of the molecule is CCCC(=O)c1cc(F)cc(C(=O)O)c1. The van der Waals surface area contributed by atoms with Gasteiger partial charge >= 0.3 is 5.97 Å². The van der Waals surface area contributed by atoms with E-state index in [9.17, 15) is 14.0 Å². The molecule has 0 aromatic heterocycles. The lowest BCUT2D eigenvalue weighted by molar-refractivity contribution is 0.0696. The molecule has 0 aliphatic carbocycles. The van der Waals surface area contributed by atoms with Crippen molar-refractivity contribution in [3.05, 3.63) is 35.1 Å². The van der Waals surface area contributed by atoms with Crippen LogP contribution in [0.2, 0.25) is 0 Å². The fourth-order valence-corrected chi connectivity index (χ4v) is 1.25. The molecule has 1 rings (SSSR count). The molecule has 0 unspecified atom stereocenters. The van der Waals surface area contributed by atoms with Crippen LogP contribution in [0.3, 0.4) is 0 Å². The molecule has 15 heavy (non-hydrogen) atoms. The summed E-state index contributed by atoms with van der Waals surface area (Å²) in [5, 5.41) is 8.67. The van der Waals surface area contributed by atoms with Crippen molar-refractivity contribution in [2.45, 2.75) is 19.8 Å². The van der Waals surface area contributed by atoms with Gasteiger partial charge in [-0.3, -0.25) is 4.79 Å². The molecule has 4 heteroatoms. The fourth-order valence-electron chi connectivity index (χ4n) is 1.25. The summed E-state index contributed by atoms with van der Waals surface area (Å²) in [6.45, 7) is 1.83. The Bertz CT molecular complexity index is 399. The van der Waals surface area contributed by atoms with Crippen LogP contribution in [0.15, 0.2) is 18.2 Å². The molecule has 0 atom stereocenters. The molecule has 0 heterocycles. The van der Waals surface area contributed by atoms with Crippen LogP contribution in [0.4, 0.5) is 4.39 Å². The summed E-state index contributed by atoms with van der Waals surface area (Å²) < 4.78 is 13.0. The zero-order chi connectivity index (χ0) is 11.4. The molecule has 1 N–H and O–H groups in total. The first-order valence-electron chi connectivity index (χ1n) is 4.61. The Labute approximate surface area is 86.5 Å². The van der Waals surface area contributed by atoms with E-state index in [0.717, 1.165) is 12.1 Å². The molecule has 0 saturated carbocycles. The van der Waals surface area contributed by atoms with E-state index in [-0.39, 0.29) is 16.9 Å². The van der Waals surface area contributed by atoms with Gasteiger partial charge in [0.05, 0.1) is 5.56 Å². The van der Waals surface area contributed by atoms with Crippen molar-refractivity contribution >= 4 is 11.8 Å². The number of hydrogen-bond acceptors (Lipinski definition) is 2. The molecule has 0 radical (unpaired) electrons. The molecular formula is C11H11FO3. The number of carboxylic acid groups (broad SMARTS) is 1. The monoisotopic (exact) mass is 210 g/mol. The molecule has 3 nitrogen and oxygen atoms in total. The summed E-state index contributed by atoms with van der Waals surface area (Å²) in [5.74, 6) is -2.17. The van der Waals surface area contributed by atoms with Crippen LogP contribution in [0.1, 0.15) is 40.5 Å². The number of Topliss-reactive ketones (excluding diaryl/α,β-unsaturated/α-hetero) is 1. The molecule has 1 aromatic carbocycles. The van der Waals surface area contributed by atoms with E-state index in [0.29, 0.717) is 12.8 Å². The van der Waals surface area contributed by atoms with Crippen molar-refractivity contribution in [2.75, 3.05) is 0 Å². The second kappa shape index (κ2) is 4.68. The van der Waals surface area contributed by atoms with E-state index in [1.165, 1.54) is 6.07 Å². The maximum Gasteiger partial charge on any atom is 0.335 e. The first-order chi connectivity index (χ1) is 7.04. The number of aromatic carboxylic acids is 1. The van der Waals surface area contributed by atoms with Gasteiger partial charge in [-0.25, -0.2) is 9.18 Å². The maximum atomic E-state index is 13.0. The highest BCUT2D eigenvalue weighted by atomic mass is 19.1. The van der Waals surface area contributed by atoms with Crippen LogP contribution in [0.5, 0.6) is 0 Å². The van der Waals surface area contributed by atoms with Crippen molar-refractivity contribution in [1.29, 1.82) is 0 Å². The number of carbonyl (C=O) groups is 2. The average Bonchev–Trinajstić information content (AvgIpc) is 2.17. The quantitative estimate of drug-likeness (QED) is 0.777. The Kier molecular flexibility index (Phi) is 3.55. The molecule has 80 valence electrons. The van der Waals surface area contributed by atoms with Crippen LogP contribution < -0.4 is 0 Å². The Hall–Kier alpha value is -1.71. The number of carbonyl (C=O) groups excluding carboxylic acids is 1. The Morgan fingerprint density at radius 3 is 2.40 bits per heavy atom. The summed E-state index contributed by atoms with van der Waals surface area (Å²) >= 11 is 0. The van der Waals surface area contributed by atoms with E-state index in [4.69, 9.17) is 5.11 Å². The van der Waals surface area contributed by atoms with Gasteiger partial charge in [0.25, 0.3) is 0 Å². The minimum Gasteiger partial charge on any atom is -0.478 e. The molecule has 0 aliphatic heterocycles. The summed E-state index contributed by atoms with van der Waals surface area (Å²) in [6.07, 6.45) is 0.945. The van der Waals surface area contributed by atoms with Crippen LogP contribution in [-0.4, -0.2) is 16.9 Å². The van der Waals surface area contributed by atoms with Crippen molar-refractivity contribution < 1.29 is 19.1 Å². The fraction of sp³-hybridized carbons (Fsp3) is 0.273. The predicted molar refractivity (Wildman–Crippen MR) is 52.6 cm³/mol. The van der Waals surface area contributed by atoms with E-state index < -0.39 is 11.8 Å². The Morgan fingerprint density at radius 2 is 1.87 bits per heavy atom. The van der Waals surface area contributed by atoms with Crippen molar-refractivity contribution in [1.82, 2.24) is 0 Å². The highest BCUT2D eigenvalue weighted by Crippen LogP contribution is 2.12. The lowest BCUT2D eigenvalue weighted by atomic mass is 10.0. The number of ketones is 1. The van der Waals surface area contributed by atoms with Crippen molar-refractivity contribution in [2.24, 2.45) is 0 Å². The molecule has 0 aliphatic rings. The van der Waals surface area contributed by atoms with Gasteiger partial charge in [-0.1, -0.05) is 6.92 Å². The number of halogens is 1. The van der Waals surface area contributed by atoms with Gasteiger partial charge in [-0.2, -0.15) is 0 Å². The summed E-state index contributed by atoms with van der Waals surface area (Å²) in [5.41, 5.74) is -0.0799. The Morgan fingerprint density at radius 1 is 1.27 bits per heavy atom.